The van der Waals surface area contributed by atoms with Crippen LogP contribution in [0, 0.1) is 17.3 Å². The average Bonchev–Trinajstić information content (AvgIpc) is 3.00. The third-order valence-electron chi connectivity index (χ3n) is 5.41. The van der Waals surface area contributed by atoms with Crippen LogP contribution in [0.2, 0.25) is 0 Å². The van der Waals surface area contributed by atoms with Gasteiger partial charge in [0, 0.05) is 17.6 Å². The van der Waals surface area contributed by atoms with Crippen LogP contribution >= 0.6 is 0 Å². The fraction of sp³-hybridized carbons (Fsp3) is 0.391. The highest BCUT2D eigenvalue weighted by Gasteiger charge is 2.61. The van der Waals surface area contributed by atoms with Gasteiger partial charge in [-0.2, -0.15) is 0 Å². The number of methoxy groups -OCH3 is 1. The standard InChI is InChI=1S/C23H26O5/c1-15(21(24)26-4)10-19-20(23(19,2)3)22(25)28-14-17-12-18(27-13-17)11-16-8-6-5-7-9-16/h5-10,12-13,19-20H,11,14H2,1-4H3/b15-10+/t19-,20+/m1/s1. The summed E-state index contributed by atoms with van der Waals surface area (Å²) in [5.74, 6) is -0.0905. The Morgan fingerprint density at radius 3 is 2.57 bits per heavy atom. The number of hydrogen-bond donors (Lipinski definition) is 0. The molecule has 3 rings (SSSR count). The SMILES string of the molecule is COC(=O)/C(C)=C/[C@@H]1[C@@H](C(=O)OCc2coc(Cc3ccccc3)c2)C1(C)C. The Kier molecular flexibility index (Phi) is 5.73. The minimum absolute atomic E-state index is 0.0305. The second-order valence-electron chi connectivity index (χ2n) is 7.86. The first kappa shape index (κ1) is 19.9. The lowest BCUT2D eigenvalue weighted by Gasteiger charge is -2.03. The van der Waals surface area contributed by atoms with Crippen LogP contribution in [0.3, 0.4) is 0 Å². The monoisotopic (exact) mass is 382 g/mol. The summed E-state index contributed by atoms with van der Waals surface area (Å²) in [5.41, 5.74) is 2.27. The van der Waals surface area contributed by atoms with Crippen LogP contribution in [0.25, 0.3) is 0 Å². The number of allylic oxidation sites excluding steroid dienone is 1. The molecule has 28 heavy (non-hydrogen) atoms. The van der Waals surface area contributed by atoms with E-state index in [2.05, 4.69) is 0 Å². The maximum absolute atomic E-state index is 12.5. The molecule has 0 unspecified atom stereocenters. The molecule has 5 heteroatoms. The minimum atomic E-state index is -0.376. The van der Waals surface area contributed by atoms with E-state index in [0.29, 0.717) is 12.0 Å². The topological polar surface area (TPSA) is 65.7 Å². The van der Waals surface area contributed by atoms with E-state index in [1.807, 2.05) is 56.3 Å². The number of furan rings is 1. The summed E-state index contributed by atoms with van der Waals surface area (Å²) in [5, 5.41) is 0. The Morgan fingerprint density at radius 2 is 1.89 bits per heavy atom. The van der Waals surface area contributed by atoms with Gasteiger partial charge in [-0.15, -0.1) is 0 Å². The normalized spacial score (nSPS) is 20.5. The van der Waals surface area contributed by atoms with Gasteiger partial charge in [0.25, 0.3) is 0 Å². The van der Waals surface area contributed by atoms with Gasteiger partial charge in [0.15, 0.2) is 0 Å². The van der Waals surface area contributed by atoms with Crippen molar-refractivity contribution in [3.63, 3.8) is 0 Å². The van der Waals surface area contributed by atoms with E-state index in [0.717, 1.165) is 16.9 Å². The van der Waals surface area contributed by atoms with Crippen molar-refractivity contribution in [1.82, 2.24) is 0 Å². The van der Waals surface area contributed by atoms with Gasteiger partial charge in [-0.25, -0.2) is 4.79 Å². The number of carbonyl (C=O) groups is 2. The van der Waals surface area contributed by atoms with Crippen LogP contribution in [0.4, 0.5) is 0 Å². The van der Waals surface area contributed by atoms with Gasteiger partial charge < -0.3 is 13.9 Å². The van der Waals surface area contributed by atoms with Crippen LogP contribution in [0.1, 0.15) is 37.7 Å². The van der Waals surface area contributed by atoms with E-state index >= 15 is 0 Å². The smallest absolute Gasteiger partial charge is 0.333 e. The fourth-order valence-corrected chi connectivity index (χ4v) is 3.57. The molecule has 0 saturated heterocycles. The minimum Gasteiger partial charge on any atom is -0.469 e. The van der Waals surface area contributed by atoms with Crippen molar-refractivity contribution in [2.45, 2.75) is 33.8 Å². The van der Waals surface area contributed by atoms with Crippen molar-refractivity contribution < 1.29 is 23.5 Å². The molecule has 1 heterocycles. The molecule has 148 valence electrons. The molecule has 0 aliphatic heterocycles. The van der Waals surface area contributed by atoms with Crippen LogP contribution in [-0.2, 0) is 32.1 Å². The van der Waals surface area contributed by atoms with Crippen molar-refractivity contribution >= 4 is 11.9 Å². The van der Waals surface area contributed by atoms with E-state index in [4.69, 9.17) is 13.9 Å². The van der Waals surface area contributed by atoms with E-state index in [9.17, 15) is 9.59 Å². The van der Waals surface area contributed by atoms with Crippen molar-refractivity contribution in [1.29, 1.82) is 0 Å². The summed E-state index contributed by atoms with van der Waals surface area (Å²) in [6, 6.07) is 12.0. The molecule has 5 nitrogen and oxygen atoms in total. The number of ether oxygens (including phenoxy) is 2. The molecule has 0 bridgehead atoms. The van der Waals surface area contributed by atoms with Crippen LogP contribution in [-0.4, -0.2) is 19.0 Å². The molecule has 1 aromatic carbocycles. The quantitative estimate of drug-likeness (QED) is 0.527. The first-order valence-electron chi connectivity index (χ1n) is 9.36. The molecule has 2 atom stereocenters. The third kappa shape index (κ3) is 4.35. The summed E-state index contributed by atoms with van der Waals surface area (Å²) in [6.07, 6.45) is 4.14. The first-order chi connectivity index (χ1) is 13.3. The zero-order valence-corrected chi connectivity index (χ0v) is 16.7. The molecule has 0 radical (unpaired) electrons. The Balaban J connectivity index is 1.55. The van der Waals surface area contributed by atoms with Gasteiger partial charge in [-0.1, -0.05) is 50.3 Å². The average molecular weight is 382 g/mol. The molecule has 1 aliphatic carbocycles. The van der Waals surface area contributed by atoms with Crippen molar-refractivity contribution in [3.8, 4) is 0 Å². The number of rotatable bonds is 7. The summed E-state index contributed by atoms with van der Waals surface area (Å²) < 4.78 is 15.8. The van der Waals surface area contributed by atoms with Crippen molar-refractivity contribution in [2.75, 3.05) is 7.11 Å². The summed E-state index contributed by atoms with van der Waals surface area (Å²) in [6.45, 7) is 5.87. The molecule has 0 spiro atoms. The lowest BCUT2D eigenvalue weighted by atomic mass is 10.1. The second-order valence-corrected chi connectivity index (χ2v) is 7.86. The molecule has 1 fully saturated rings. The Hall–Kier alpha value is -2.82. The fourth-order valence-electron chi connectivity index (χ4n) is 3.57. The molecule has 1 aliphatic rings. The Morgan fingerprint density at radius 1 is 1.18 bits per heavy atom. The van der Waals surface area contributed by atoms with Gasteiger partial charge in [0.05, 0.1) is 19.3 Å². The van der Waals surface area contributed by atoms with E-state index in [1.165, 1.54) is 7.11 Å². The molecule has 1 saturated carbocycles. The molecule has 0 N–H and O–H groups in total. The summed E-state index contributed by atoms with van der Waals surface area (Å²) in [7, 11) is 1.35. The molecule has 2 aromatic rings. The zero-order valence-electron chi connectivity index (χ0n) is 16.7. The first-order valence-corrected chi connectivity index (χ1v) is 9.36. The summed E-state index contributed by atoms with van der Waals surface area (Å²) >= 11 is 0. The lowest BCUT2D eigenvalue weighted by Crippen LogP contribution is -2.10. The highest BCUT2D eigenvalue weighted by molar-refractivity contribution is 5.88. The maximum atomic E-state index is 12.5. The van der Waals surface area contributed by atoms with Crippen molar-refractivity contribution in [3.05, 3.63) is 71.2 Å². The Bertz CT molecular complexity index is 875. The van der Waals surface area contributed by atoms with Gasteiger partial charge in [0.2, 0.25) is 0 Å². The second kappa shape index (κ2) is 8.05. The highest BCUT2D eigenvalue weighted by Crippen LogP contribution is 2.59. The molecular weight excluding hydrogens is 356 g/mol. The predicted molar refractivity (Wildman–Crippen MR) is 104 cm³/mol. The highest BCUT2D eigenvalue weighted by atomic mass is 16.5. The molecular formula is C23H26O5. The van der Waals surface area contributed by atoms with E-state index in [1.54, 1.807) is 13.2 Å². The largest absolute Gasteiger partial charge is 0.469 e. The zero-order chi connectivity index (χ0) is 20.3. The summed E-state index contributed by atoms with van der Waals surface area (Å²) in [4.78, 5) is 24.1. The maximum Gasteiger partial charge on any atom is 0.333 e. The van der Waals surface area contributed by atoms with Crippen LogP contribution in [0.15, 0.2) is 58.7 Å². The number of esters is 2. The third-order valence-corrected chi connectivity index (χ3v) is 5.41. The van der Waals surface area contributed by atoms with Crippen LogP contribution < -0.4 is 0 Å². The van der Waals surface area contributed by atoms with Gasteiger partial charge in [-0.05, 0) is 29.9 Å². The van der Waals surface area contributed by atoms with Gasteiger partial charge in [-0.3, -0.25) is 4.79 Å². The van der Waals surface area contributed by atoms with Crippen LogP contribution in [0.5, 0.6) is 0 Å². The number of carbonyl (C=O) groups excluding carboxylic acids is 2. The predicted octanol–water partition coefficient (Wildman–Crippen LogP) is 4.31. The number of hydrogen-bond acceptors (Lipinski definition) is 5. The lowest BCUT2D eigenvalue weighted by molar-refractivity contribution is -0.147. The van der Waals surface area contributed by atoms with Gasteiger partial charge in [0.1, 0.15) is 12.4 Å². The van der Waals surface area contributed by atoms with Gasteiger partial charge >= 0.3 is 11.9 Å². The van der Waals surface area contributed by atoms with Crippen molar-refractivity contribution in [2.24, 2.45) is 17.3 Å². The molecule has 0 amide bonds. The molecule has 1 aromatic heterocycles. The number of benzene rings is 1. The van der Waals surface area contributed by atoms with E-state index in [-0.39, 0.29) is 35.8 Å². The van der Waals surface area contributed by atoms with E-state index < -0.39 is 0 Å². The Labute approximate surface area is 165 Å².